The molecule has 0 amide bonds. The van der Waals surface area contributed by atoms with Crippen molar-refractivity contribution in [2.45, 2.75) is 0 Å². The van der Waals surface area contributed by atoms with Gasteiger partial charge in [0.1, 0.15) is 0 Å². The summed E-state index contributed by atoms with van der Waals surface area (Å²) < 4.78 is 0. The van der Waals surface area contributed by atoms with E-state index in [2.05, 4.69) is 30.1 Å². The van der Waals surface area contributed by atoms with E-state index in [1.165, 1.54) is 0 Å². The van der Waals surface area contributed by atoms with Crippen LogP contribution in [0, 0.1) is 0 Å². The molecule has 0 aliphatic carbocycles. The topological polar surface area (TPSA) is 24.1 Å². The minimum Gasteiger partial charge on any atom is -0.315 e. The van der Waals surface area contributed by atoms with Crippen LogP contribution in [0.5, 0.6) is 0 Å². The molecular formula is C3H7ClN2S. The molecule has 4 heteroatoms. The van der Waals surface area contributed by atoms with Gasteiger partial charge in [0, 0.05) is 0 Å². The SMILES string of the molecule is C=C(S)NNCCl. The molecule has 42 valence electrons. The van der Waals surface area contributed by atoms with E-state index in [0.717, 1.165) is 0 Å². The van der Waals surface area contributed by atoms with Gasteiger partial charge in [0.2, 0.25) is 0 Å². The van der Waals surface area contributed by atoms with E-state index >= 15 is 0 Å². The van der Waals surface area contributed by atoms with Crippen molar-refractivity contribution in [1.82, 2.24) is 10.9 Å². The molecule has 0 fully saturated rings. The Bertz CT molecular complexity index is 66.0. The fourth-order valence-corrected chi connectivity index (χ4v) is 0.281. The molecule has 0 aliphatic rings. The van der Waals surface area contributed by atoms with E-state index < -0.39 is 0 Å². The minimum absolute atomic E-state index is 0.347. The summed E-state index contributed by atoms with van der Waals surface area (Å²) in [7, 11) is 0. The van der Waals surface area contributed by atoms with Crippen LogP contribution < -0.4 is 10.9 Å². The van der Waals surface area contributed by atoms with Gasteiger partial charge in [-0.05, 0) is 0 Å². The van der Waals surface area contributed by atoms with Crippen molar-refractivity contribution < 1.29 is 0 Å². The zero-order chi connectivity index (χ0) is 5.70. The lowest BCUT2D eigenvalue weighted by atomic mass is 11.0. The lowest BCUT2D eigenvalue weighted by molar-refractivity contribution is 0.701. The van der Waals surface area contributed by atoms with Gasteiger partial charge in [-0.1, -0.05) is 6.58 Å². The summed E-state index contributed by atoms with van der Waals surface area (Å²) in [4.78, 5) is 0. The Hall–Kier alpha value is 0.140. The molecule has 0 radical (unpaired) electrons. The summed E-state index contributed by atoms with van der Waals surface area (Å²) in [6.45, 7) is 3.42. The van der Waals surface area contributed by atoms with Crippen LogP contribution in [0.4, 0.5) is 0 Å². The van der Waals surface area contributed by atoms with Gasteiger partial charge in [0.25, 0.3) is 0 Å². The predicted octanol–water partition coefficient (Wildman–Crippen LogP) is 0.678. The first-order valence-electron chi connectivity index (χ1n) is 1.70. The highest BCUT2D eigenvalue weighted by Crippen LogP contribution is 1.83. The number of halogens is 1. The first-order valence-corrected chi connectivity index (χ1v) is 2.68. The molecule has 7 heavy (non-hydrogen) atoms. The third-order valence-electron chi connectivity index (χ3n) is 0.299. The van der Waals surface area contributed by atoms with Crippen LogP contribution in [0.15, 0.2) is 11.6 Å². The van der Waals surface area contributed by atoms with E-state index in [-0.39, 0.29) is 0 Å². The standard InChI is InChI=1S/C3H7ClN2S/c1-3(7)6-5-2-4/h5-7H,1-2H2. The number of hydrogen-bond acceptors (Lipinski definition) is 3. The van der Waals surface area contributed by atoms with E-state index in [1.807, 2.05) is 0 Å². The highest BCUT2D eigenvalue weighted by Gasteiger charge is 1.76. The predicted molar refractivity (Wildman–Crippen MR) is 35.1 cm³/mol. The molecule has 0 aromatic rings. The molecule has 0 saturated carbocycles. The Balaban J connectivity index is 2.82. The van der Waals surface area contributed by atoms with Crippen LogP contribution in [0.25, 0.3) is 0 Å². The number of hydrazine groups is 1. The summed E-state index contributed by atoms with van der Waals surface area (Å²) in [6.07, 6.45) is 0. The molecule has 0 saturated heterocycles. The van der Waals surface area contributed by atoms with E-state index in [9.17, 15) is 0 Å². The molecule has 0 aromatic heterocycles. The molecule has 0 heterocycles. The van der Waals surface area contributed by atoms with Gasteiger partial charge in [-0.3, -0.25) is 0 Å². The van der Waals surface area contributed by atoms with Crippen molar-refractivity contribution in [2.24, 2.45) is 0 Å². The Labute approximate surface area is 53.3 Å². The van der Waals surface area contributed by atoms with Gasteiger partial charge in [0.05, 0.1) is 11.0 Å². The maximum Gasteiger partial charge on any atom is 0.0892 e. The van der Waals surface area contributed by atoms with Crippen LogP contribution in [0.3, 0.4) is 0 Å². The average Bonchev–Trinajstić information content (AvgIpc) is 1.61. The van der Waals surface area contributed by atoms with E-state index in [0.29, 0.717) is 11.0 Å². The van der Waals surface area contributed by atoms with Crippen LogP contribution >= 0.6 is 24.2 Å². The fraction of sp³-hybridized carbons (Fsp3) is 0.333. The van der Waals surface area contributed by atoms with Crippen LogP contribution in [-0.2, 0) is 0 Å². The maximum absolute atomic E-state index is 5.20. The first kappa shape index (κ1) is 7.14. The monoisotopic (exact) mass is 138 g/mol. The van der Waals surface area contributed by atoms with Crippen LogP contribution in [0.2, 0.25) is 0 Å². The molecular weight excluding hydrogens is 132 g/mol. The van der Waals surface area contributed by atoms with E-state index in [4.69, 9.17) is 11.6 Å². The van der Waals surface area contributed by atoms with E-state index in [1.54, 1.807) is 0 Å². The number of thiol groups is 1. The number of rotatable bonds is 3. The highest BCUT2D eigenvalue weighted by molar-refractivity contribution is 7.84. The summed E-state index contributed by atoms with van der Waals surface area (Å²) in [5, 5.41) is 0.556. The fourth-order valence-electron chi connectivity index (χ4n) is 0.135. The van der Waals surface area contributed by atoms with Crippen LogP contribution in [-0.4, -0.2) is 6.00 Å². The summed E-state index contributed by atoms with van der Waals surface area (Å²) in [5.74, 6) is 0. The lowest BCUT2D eigenvalue weighted by Gasteiger charge is -1.99. The van der Waals surface area contributed by atoms with Gasteiger partial charge >= 0.3 is 0 Å². The van der Waals surface area contributed by atoms with Crippen molar-refractivity contribution in [1.29, 1.82) is 0 Å². The molecule has 0 unspecified atom stereocenters. The lowest BCUT2D eigenvalue weighted by Crippen LogP contribution is -2.27. The average molecular weight is 139 g/mol. The van der Waals surface area contributed by atoms with Crippen molar-refractivity contribution in [3.05, 3.63) is 11.6 Å². The van der Waals surface area contributed by atoms with Crippen molar-refractivity contribution >= 4 is 24.2 Å². The molecule has 0 atom stereocenters. The quantitative estimate of drug-likeness (QED) is 0.231. The number of alkyl halides is 1. The zero-order valence-electron chi connectivity index (χ0n) is 3.74. The second kappa shape index (κ2) is 4.30. The smallest absolute Gasteiger partial charge is 0.0892 e. The largest absolute Gasteiger partial charge is 0.315 e. The van der Waals surface area contributed by atoms with Crippen molar-refractivity contribution in [3.63, 3.8) is 0 Å². The van der Waals surface area contributed by atoms with Crippen molar-refractivity contribution in [2.75, 3.05) is 6.00 Å². The number of nitrogens with one attached hydrogen (secondary N) is 2. The summed E-state index contributed by atoms with van der Waals surface area (Å²) in [6, 6.07) is 0.347. The highest BCUT2D eigenvalue weighted by atomic mass is 35.5. The molecule has 2 nitrogen and oxygen atoms in total. The van der Waals surface area contributed by atoms with Crippen molar-refractivity contribution in [3.8, 4) is 0 Å². The normalized spacial score (nSPS) is 8.29. The number of hydrogen-bond donors (Lipinski definition) is 3. The Morgan fingerprint density at radius 1 is 1.86 bits per heavy atom. The molecule has 0 rings (SSSR count). The van der Waals surface area contributed by atoms with Gasteiger partial charge in [-0.25, -0.2) is 5.43 Å². The third-order valence-corrected chi connectivity index (χ3v) is 0.545. The van der Waals surface area contributed by atoms with Gasteiger partial charge in [0.15, 0.2) is 0 Å². The molecule has 0 spiro atoms. The second-order valence-corrected chi connectivity index (χ2v) is 1.69. The Kier molecular flexibility index (Phi) is 4.39. The Morgan fingerprint density at radius 3 is 2.57 bits per heavy atom. The van der Waals surface area contributed by atoms with Gasteiger partial charge in [-0.15, -0.1) is 24.2 Å². The molecule has 0 bridgehead atoms. The second-order valence-electron chi connectivity index (χ2n) is 0.882. The molecule has 0 aliphatic heterocycles. The first-order chi connectivity index (χ1) is 3.27. The Morgan fingerprint density at radius 2 is 2.43 bits per heavy atom. The minimum atomic E-state index is 0.347. The molecule has 0 aromatic carbocycles. The third kappa shape index (κ3) is 6.14. The van der Waals surface area contributed by atoms with Crippen LogP contribution in [0.1, 0.15) is 0 Å². The van der Waals surface area contributed by atoms with Gasteiger partial charge in [-0.2, -0.15) is 0 Å². The van der Waals surface area contributed by atoms with Gasteiger partial charge < -0.3 is 5.43 Å². The molecule has 2 N–H and O–H groups in total. The maximum atomic E-state index is 5.20. The summed E-state index contributed by atoms with van der Waals surface area (Å²) in [5.41, 5.74) is 5.17. The zero-order valence-corrected chi connectivity index (χ0v) is 5.39. The summed E-state index contributed by atoms with van der Waals surface area (Å²) >= 11 is 9.00.